The number of thioether (sulfide) groups is 1. The third-order valence-electron chi connectivity index (χ3n) is 4.32. The summed E-state index contributed by atoms with van der Waals surface area (Å²) in [5.41, 5.74) is 0.781. The summed E-state index contributed by atoms with van der Waals surface area (Å²) in [6.45, 7) is 0. The van der Waals surface area contributed by atoms with Gasteiger partial charge in [-0.2, -0.15) is 0 Å². The third-order valence-corrected chi connectivity index (χ3v) is 5.67. The van der Waals surface area contributed by atoms with Gasteiger partial charge in [-0.1, -0.05) is 41.6 Å². The van der Waals surface area contributed by atoms with Crippen molar-refractivity contribution in [3.63, 3.8) is 0 Å². The Morgan fingerprint density at radius 1 is 1.12 bits per heavy atom. The first-order valence-corrected chi connectivity index (χ1v) is 10.8. The maximum Gasteiger partial charge on any atom is 0.271 e. The summed E-state index contributed by atoms with van der Waals surface area (Å²) in [6.07, 6.45) is 0.551. The van der Waals surface area contributed by atoms with Crippen LogP contribution in [0.25, 0.3) is 0 Å². The summed E-state index contributed by atoms with van der Waals surface area (Å²) in [5, 5.41) is 25.3. The van der Waals surface area contributed by atoms with Crippen molar-refractivity contribution in [1.82, 2.24) is 14.8 Å². The monoisotopic (exact) mass is 474 g/mol. The smallest absolute Gasteiger partial charge is 0.271 e. The van der Waals surface area contributed by atoms with E-state index in [1.807, 2.05) is 0 Å². The molecule has 0 unspecified atom stereocenters. The standard InChI is InChI=1S/C20H19ClN6O4S/c1-26-17(9-10-18(28)23-16-8-3-2-7-15(16)21)24-25-20(26)32-12-19(29)22-13-5-4-6-14(11-13)27(30)31/h2-8,11H,9-10,12H2,1H3,(H,22,29)(H,23,28). The van der Waals surface area contributed by atoms with E-state index in [1.54, 1.807) is 41.9 Å². The van der Waals surface area contributed by atoms with Crippen LogP contribution >= 0.6 is 23.4 Å². The number of anilines is 2. The SMILES string of the molecule is Cn1c(CCC(=O)Nc2ccccc2Cl)nnc1SCC(=O)Nc1cccc([N+](=O)[O-])c1. The number of nitrogens with zero attached hydrogens (tertiary/aromatic N) is 4. The predicted molar refractivity (Wildman–Crippen MR) is 122 cm³/mol. The van der Waals surface area contributed by atoms with Gasteiger partial charge < -0.3 is 15.2 Å². The van der Waals surface area contributed by atoms with Crippen LogP contribution in [-0.2, 0) is 23.1 Å². The zero-order chi connectivity index (χ0) is 23.1. The van der Waals surface area contributed by atoms with Crippen molar-refractivity contribution in [2.24, 2.45) is 7.05 Å². The van der Waals surface area contributed by atoms with Crippen LogP contribution in [0, 0.1) is 10.1 Å². The van der Waals surface area contributed by atoms with Gasteiger partial charge in [0.05, 0.1) is 21.4 Å². The number of amides is 2. The van der Waals surface area contributed by atoms with Crippen LogP contribution in [0.5, 0.6) is 0 Å². The van der Waals surface area contributed by atoms with Crippen molar-refractivity contribution in [3.05, 3.63) is 69.5 Å². The van der Waals surface area contributed by atoms with E-state index < -0.39 is 4.92 Å². The first-order valence-electron chi connectivity index (χ1n) is 9.43. The minimum atomic E-state index is -0.528. The molecule has 3 rings (SSSR count). The minimum absolute atomic E-state index is 0.0433. The number of aromatic nitrogens is 3. The summed E-state index contributed by atoms with van der Waals surface area (Å²) >= 11 is 7.21. The number of aryl methyl sites for hydroxylation is 1. The zero-order valence-corrected chi connectivity index (χ0v) is 18.5. The molecule has 0 bridgehead atoms. The quantitative estimate of drug-likeness (QED) is 0.274. The van der Waals surface area contributed by atoms with Crippen LogP contribution in [0.1, 0.15) is 12.2 Å². The van der Waals surface area contributed by atoms with Gasteiger partial charge in [-0.25, -0.2) is 0 Å². The van der Waals surface area contributed by atoms with E-state index in [2.05, 4.69) is 20.8 Å². The number of rotatable bonds is 9. The van der Waals surface area contributed by atoms with Crippen LogP contribution < -0.4 is 10.6 Å². The lowest BCUT2D eigenvalue weighted by atomic mass is 10.2. The van der Waals surface area contributed by atoms with Crippen molar-refractivity contribution in [2.75, 3.05) is 16.4 Å². The Labute approximate surface area is 192 Å². The number of carbonyl (C=O) groups excluding carboxylic acids is 2. The van der Waals surface area contributed by atoms with E-state index in [-0.39, 0.29) is 29.7 Å². The second-order valence-corrected chi connectivity index (χ2v) is 7.98. The molecule has 0 aliphatic carbocycles. The van der Waals surface area contributed by atoms with Crippen molar-refractivity contribution in [2.45, 2.75) is 18.0 Å². The lowest BCUT2D eigenvalue weighted by molar-refractivity contribution is -0.384. The van der Waals surface area contributed by atoms with Crippen LogP contribution in [0.4, 0.5) is 17.1 Å². The van der Waals surface area contributed by atoms with Gasteiger partial charge in [-0.3, -0.25) is 19.7 Å². The highest BCUT2D eigenvalue weighted by atomic mass is 35.5. The molecule has 1 aromatic heterocycles. The number of benzene rings is 2. The molecular formula is C20H19ClN6O4S. The third kappa shape index (κ3) is 6.28. The number of halogens is 1. The topological polar surface area (TPSA) is 132 Å². The van der Waals surface area contributed by atoms with Crippen molar-refractivity contribution < 1.29 is 14.5 Å². The van der Waals surface area contributed by atoms with Gasteiger partial charge in [-0.15, -0.1) is 10.2 Å². The molecule has 1 heterocycles. The Morgan fingerprint density at radius 2 is 1.91 bits per heavy atom. The molecular weight excluding hydrogens is 456 g/mol. The van der Waals surface area contributed by atoms with E-state index >= 15 is 0 Å². The second kappa shape index (κ2) is 10.7. The van der Waals surface area contributed by atoms with Gasteiger partial charge in [0.25, 0.3) is 5.69 Å². The molecule has 0 atom stereocenters. The van der Waals surface area contributed by atoms with E-state index in [9.17, 15) is 19.7 Å². The Hall–Kier alpha value is -3.44. The number of nitro groups is 1. The number of para-hydroxylation sites is 1. The Bertz CT molecular complexity index is 1150. The molecule has 0 aliphatic rings. The maximum atomic E-state index is 12.2. The van der Waals surface area contributed by atoms with Crippen LogP contribution in [0.2, 0.25) is 5.02 Å². The van der Waals surface area contributed by atoms with E-state index in [4.69, 9.17) is 11.6 Å². The predicted octanol–water partition coefficient (Wildman–Crippen LogP) is 3.68. The lowest BCUT2D eigenvalue weighted by Gasteiger charge is -2.07. The van der Waals surface area contributed by atoms with Gasteiger partial charge >= 0.3 is 0 Å². The average Bonchev–Trinajstić information content (AvgIpc) is 3.12. The molecule has 0 saturated heterocycles. The first kappa shape index (κ1) is 23.2. The normalized spacial score (nSPS) is 10.6. The fraction of sp³-hybridized carbons (Fsp3) is 0.200. The molecule has 10 nitrogen and oxygen atoms in total. The summed E-state index contributed by atoms with van der Waals surface area (Å²) in [5.74, 6) is 0.105. The van der Waals surface area contributed by atoms with Crippen LogP contribution in [0.3, 0.4) is 0 Å². The molecule has 166 valence electrons. The summed E-state index contributed by atoms with van der Waals surface area (Å²) in [6, 6.07) is 12.7. The fourth-order valence-electron chi connectivity index (χ4n) is 2.71. The molecule has 32 heavy (non-hydrogen) atoms. The number of hydrogen-bond donors (Lipinski definition) is 2. The fourth-order valence-corrected chi connectivity index (χ4v) is 3.63. The highest BCUT2D eigenvalue weighted by molar-refractivity contribution is 7.99. The summed E-state index contributed by atoms with van der Waals surface area (Å²) in [4.78, 5) is 34.7. The Balaban J connectivity index is 1.49. The van der Waals surface area contributed by atoms with Crippen molar-refractivity contribution in [1.29, 1.82) is 0 Å². The Morgan fingerprint density at radius 3 is 2.66 bits per heavy atom. The zero-order valence-electron chi connectivity index (χ0n) is 16.9. The lowest BCUT2D eigenvalue weighted by Crippen LogP contribution is -2.15. The molecule has 0 radical (unpaired) electrons. The highest BCUT2D eigenvalue weighted by Gasteiger charge is 2.14. The largest absolute Gasteiger partial charge is 0.325 e. The summed E-state index contributed by atoms with van der Waals surface area (Å²) < 4.78 is 1.72. The molecule has 2 N–H and O–H groups in total. The average molecular weight is 475 g/mol. The minimum Gasteiger partial charge on any atom is -0.325 e. The number of hydrogen-bond acceptors (Lipinski definition) is 7. The van der Waals surface area contributed by atoms with E-state index in [0.29, 0.717) is 33.8 Å². The number of nitro benzene ring substituents is 1. The highest BCUT2D eigenvalue weighted by Crippen LogP contribution is 2.22. The molecule has 12 heteroatoms. The number of non-ortho nitro benzene ring substituents is 1. The van der Waals surface area contributed by atoms with Gasteiger partial charge in [0.2, 0.25) is 11.8 Å². The molecule has 0 aliphatic heterocycles. The molecule has 2 aromatic carbocycles. The number of carbonyl (C=O) groups is 2. The molecule has 0 fully saturated rings. The van der Waals surface area contributed by atoms with E-state index in [0.717, 1.165) is 0 Å². The van der Waals surface area contributed by atoms with Crippen LogP contribution in [-0.4, -0.2) is 37.3 Å². The van der Waals surface area contributed by atoms with Gasteiger partial charge in [-0.05, 0) is 18.2 Å². The van der Waals surface area contributed by atoms with Gasteiger partial charge in [0.15, 0.2) is 5.16 Å². The number of nitrogens with one attached hydrogen (secondary N) is 2. The summed E-state index contributed by atoms with van der Waals surface area (Å²) in [7, 11) is 1.75. The Kier molecular flexibility index (Phi) is 7.79. The molecule has 3 aromatic rings. The van der Waals surface area contributed by atoms with Gasteiger partial charge in [0.1, 0.15) is 5.82 Å². The first-order chi connectivity index (χ1) is 15.3. The van der Waals surface area contributed by atoms with Crippen molar-refractivity contribution >= 4 is 52.2 Å². The van der Waals surface area contributed by atoms with Gasteiger partial charge in [0, 0.05) is 37.7 Å². The maximum absolute atomic E-state index is 12.2. The van der Waals surface area contributed by atoms with E-state index in [1.165, 1.54) is 30.0 Å². The molecule has 0 saturated carbocycles. The van der Waals surface area contributed by atoms with Crippen LogP contribution in [0.15, 0.2) is 53.7 Å². The van der Waals surface area contributed by atoms with Crippen molar-refractivity contribution in [3.8, 4) is 0 Å². The molecule has 2 amide bonds. The molecule has 0 spiro atoms. The second-order valence-electron chi connectivity index (χ2n) is 6.63.